The summed E-state index contributed by atoms with van der Waals surface area (Å²) in [4.78, 5) is 0. The predicted octanol–water partition coefficient (Wildman–Crippen LogP) is 3.62. The third-order valence-corrected chi connectivity index (χ3v) is 4.62. The van der Waals surface area contributed by atoms with Gasteiger partial charge in [-0.2, -0.15) is 0 Å². The highest BCUT2D eigenvalue weighted by Crippen LogP contribution is 2.41. The molecule has 1 aliphatic carbocycles. The Balaban J connectivity index is 2.57. The van der Waals surface area contributed by atoms with Crippen LogP contribution in [0, 0.1) is 6.92 Å². The van der Waals surface area contributed by atoms with Crippen LogP contribution in [0.1, 0.15) is 48.9 Å². The molecule has 0 bridgehead atoms. The van der Waals surface area contributed by atoms with E-state index in [2.05, 4.69) is 22.9 Å². The molecule has 3 N–H and O–H groups in total. The van der Waals surface area contributed by atoms with Crippen molar-refractivity contribution in [1.29, 1.82) is 0 Å². The first-order chi connectivity index (χ1) is 8.31. The Bertz CT molecular complexity index is 475. The van der Waals surface area contributed by atoms with E-state index in [1.54, 1.807) is 0 Å². The summed E-state index contributed by atoms with van der Waals surface area (Å²) in [7, 11) is 0. The second-order valence-corrected chi connectivity index (χ2v) is 6.89. The second-order valence-electron chi connectivity index (χ2n) is 6.10. The normalized spacial score (nSPS) is 15.6. The fourth-order valence-corrected chi connectivity index (χ4v) is 3.55. The molecular formula is C15H22BrNO. The monoisotopic (exact) mass is 311 g/mol. The Morgan fingerprint density at radius 1 is 1.22 bits per heavy atom. The molecule has 2 nitrogen and oxygen atoms in total. The van der Waals surface area contributed by atoms with Gasteiger partial charge in [-0.1, -0.05) is 0 Å². The summed E-state index contributed by atoms with van der Waals surface area (Å²) in [6.45, 7) is 6.12. The van der Waals surface area contributed by atoms with Crippen LogP contribution in [0.25, 0.3) is 0 Å². The quantitative estimate of drug-likeness (QED) is 0.876. The molecule has 0 saturated heterocycles. The van der Waals surface area contributed by atoms with Crippen LogP contribution in [-0.4, -0.2) is 10.6 Å². The van der Waals surface area contributed by atoms with E-state index >= 15 is 0 Å². The van der Waals surface area contributed by atoms with Gasteiger partial charge in [0.05, 0.1) is 4.47 Å². The summed E-state index contributed by atoms with van der Waals surface area (Å²) < 4.78 is 0.891. The zero-order valence-corrected chi connectivity index (χ0v) is 13.0. The number of rotatable bonds is 2. The number of phenolic OH excluding ortho intramolecular Hbond substituents is 1. The Labute approximate surface area is 118 Å². The highest BCUT2D eigenvalue weighted by Gasteiger charge is 2.24. The molecule has 0 fully saturated rings. The third-order valence-electron chi connectivity index (χ3n) is 3.76. The lowest BCUT2D eigenvalue weighted by molar-refractivity contribution is 0.443. The SMILES string of the molecule is Cc1c(CC(C)(C)N)c(O)c(Br)c2c1CCCC2. The van der Waals surface area contributed by atoms with Crippen LogP contribution in [-0.2, 0) is 19.3 Å². The lowest BCUT2D eigenvalue weighted by Gasteiger charge is -2.27. The van der Waals surface area contributed by atoms with Gasteiger partial charge in [0.25, 0.3) is 0 Å². The van der Waals surface area contributed by atoms with Crippen molar-refractivity contribution in [3.05, 3.63) is 26.7 Å². The maximum atomic E-state index is 10.4. The second kappa shape index (κ2) is 4.86. The fraction of sp³-hybridized carbons (Fsp3) is 0.600. The van der Waals surface area contributed by atoms with E-state index in [0.29, 0.717) is 12.2 Å². The number of hydrogen-bond acceptors (Lipinski definition) is 2. The average Bonchev–Trinajstić information content (AvgIpc) is 2.31. The molecule has 0 heterocycles. The van der Waals surface area contributed by atoms with Gasteiger partial charge in [-0.3, -0.25) is 0 Å². The standard InChI is InChI=1S/C15H22BrNO/c1-9-10-6-4-5-7-11(10)13(16)14(18)12(9)8-15(2,3)17/h18H,4-8,17H2,1-3H3. The van der Waals surface area contributed by atoms with E-state index in [4.69, 9.17) is 5.73 Å². The minimum absolute atomic E-state index is 0.301. The van der Waals surface area contributed by atoms with E-state index in [-0.39, 0.29) is 5.54 Å². The van der Waals surface area contributed by atoms with Crippen molar-refractivity contribution in [3.8, 4) is 5.75 Å². The first-order valence-electron chi connectivity index (χ1n) is 6.62. The number of nitrogens with two attached hydrogens (primary N) is 1. The number of phenols is 1. The molecular weight excluding hydrogens is 290 g/mol. The van der Waals surface area contributed by atoms with Crippen LogP contribution < -0.4 is 5.73 Å². The first-order valence-corrected chi connectivity index (χ1v) is 7.41. The molecule has 0 saturated carbocycles. The van der Waals surface area contributed by atoms with Crippen molar-refractivity contribution < 1.29 is 5.11 Å². The van der Waals surface area contributed by atoms with Crippen molar-refractivity contribution in [2.24, 2.45) is 5.73 Å². The van der Waals surface area contributed by atoms with Gasteiger partial charge in [0.15, 0.2) is 0 Å². The summed E-state index contributed by atoms with van der Waals surface area (Å²) in [6, 6.07) is 0. The van der Waals surface area contributed by atoms with Crippen molar-refractivity contribution in [3.63, 3.8) is 0 Å². The van der Waals surface area contributed by atoms with E-state index in [9.17, 15) is 5.11 Å². The van der Waals surface area contributed by atoms with Crippen LogP contribution in [0.2, 0.25) is 0 Å². The lowest BCUT2D eigenvalue weighted by Crippen LogP contribution is -2.35. The number of aromatic hydroxyl groups is 1. The lowest BCUT2D eigenvalue weighted by atomic mass is 9.83. The molecule has 0 spiro atoms. The van der Waals surface area contributed by atoms with Gasteiger partial charge in [-0.05, 0) is 85.5 Å². The van der Waals surface area contributed by atoms with Gasteiger partial charge in [0.2, 0.25) is 0 Å². The van der Waals surface area contributed by atoms with Gasteiger partial charge in [-0.15, -0.1) is 0 Å². The van der Waals surface area contributed by atoms with E-state index in [1.807, 2.05) is 13.8 Å². The van der Waals surface area contributed by atoms with E-state index in [0.717, 1.165) is 22.9 Å². The predicted molar refractivity (Wildman–Crippen MR) is 79.2 cm³/mol. The van der Waals surface area contributed by atoms with Gasteiger partial charge in [0, 0.05) is 11.1 Å². The number of hydrogen-bond donors (Lipinski definition) is 2. The van der Waals surface area contributed by atoms with Crippen LogP contribution in [0.4, 0.5) is 0 Å². The van der Waals surface area contributed by atoms with Crippen molar-refractivity contribution in [1.82, 2.24) is 0 Å². The summed E-state index contributed by atoms with van der Waals surface area (Å²) in [5.74, 6) is 0.395. The minimum Gasteiger partial charge on any atom is -0.506 e. The summed E-state index contributed by atoms with van der Waals surface area (Å²) in [6.07, 6.45) is 5.36. The Kier molecular flexibility index (Phi) is 3.75. The maximum absolute atomic E-state index is 10.4. The molecule has 0 amide bonds. The molecule has 0 aliphatic heterocycles. The van der Waals surface area contributed by atoms with E-state index < -0.39 is 0 Å². The van der Waals surface area contributed by atoms with Gasteiger partial charge in [0.1, 0.15) is 5.75 Å². The number of benzene rings is 1. The fourth-order valence-electron chi connectivity index (χ4n) is 2.87. The van der Waals surface area contributed by atoms with Crippen LogP contribution in [0.3, 0.4) is 0 Å². The smallest absolute Gasteiger partial charge is 0.133 e. The average molecular weight is 312 g/mol. The molecule has 2 rings (SSSR count). The molecule has 0 radical (unpaired) electrons. The number of fused-ring (bicyclic) bond motifs is 1. The third kappa shape index (κ3) is 2.57. The highest BCUT2D eigenvalue weighted by molar-refractivity contribution is 9.10. The van der Waals surface area contributed by atoms with Crippen molar-refractivity contribution in [2.45, 2.75) is 58.4 Å². The van der Waals surface area contributed by atoms with E-state index in [1.165, 1.54) is 29.5 Å². The number of halogens is 1. The molecule has 0 atom stereocenters. The minimum atomic E-state index is -0.301. The molecule has 3 heteroatoms. The Morgan fingerprint density at radius 3 is 2.33 bits per heavy atom. The molecule has 0 unspecified atom stereocenters. The van der Waals surface area contributed by atoms with Crippen LogP contribution in [0.15, 0.2) is 4.47 Å². The Hall–Kier alpha value is -0.540. The summed E-state index contributed by atoms with van der Waals surface area (Å²) in [5.41, 5.74) is 10.8. The van der Waals surface area contributed by atoms with Crippen LogP contribution in [0.5, 0.6) is 5.75 Å². The highest BCUT2D eigenvalue weighted by atomic mass is 79.9. The zero-order chi connectivity index (χ0) is 13.5. The zero-order valence-electron chi connectivity index (χ0n) is 11.4. The largest absolute Gasteiger partial charge is 0.506 e. The van der Waals surface area contributed by atoms with Gasteiger partial charge < -0.3 is 10.8 Å². The maximum Gasteiger partial charge on any atom is 0.133 e. The molecule has 1 aliphatic rings. The van der Waals surface area contributed by atoms with Crippen LogP contribution >= 0.6 is 15.9 Å². The molecule has 100 valence electrons. The van der Waals surface area contributed by atoms with Crippen molar-refractivity contribution in [2.75, 3.05) is 0 Å². The molecule has 18 heavy (non-hydrogen) atoms. The molecule has 1 aromatic rings. The van der Waals surface area contributed by atoms with Gasteiger partial charge in [-0.25, -0.2) is 0 Å². The Morgan fingerprint density at radius 2 is 1.78 bits per heavy atom. The summed E-state index contributed by atoms with van der Waals surface area (Å²) in [5, 5.41) is 10.4. The van der Waals surface area contributed by atoms with Crippen molar-refractivity contribution >= 4 is 15.9 Å². The first kappa shape index (κ1) is 13.9. The summed E-state index contributed by atoms with van der Waals surface area (Å²) >= 11 is 3.57. The molecule has 1 aromatic carbocycles. The van der Waals surface area contributed by atoms with Gasteiger partial charge >= 0.3 is 0 Å². The molecule has 0 aromatic heterocycles. The topological polar surface area (TPSA) is 46.2 Å².